The first-order valence-electron chi connectivity index (χ1n) is 6.87. The molecule has 4 nitrogen and oxygen atoms in total. The number of carbonyl (C=O) groups excluding carboxylic acids is 1. The molecule has 1 N–H and O–H groups in total. The van der Waals surface area contributed by atoms with E-state index in [1.54, 1.807) is 18.2 Å². The maximum Gasteiger partial charge on any atom is 0.339 e. The van der Waals surface area contributed by atoms with Gasteiger partial charge in [-0.1, -0.05) is 36.9 Å². The van der Waals surface area contributed by atoms with Crippen molar-refractivity contribution in [2.24, 2.45) is 0 Å². The van der Waals surface area contributed by atoms with E-state index in [0.29, 0.717) is 12.0 Å². The van der Waals surface area contributed by atoms with Crippen molar-refractivity contribution in [2.75, 3.05) is 0 Å². The molecular formula is C18H14O4. The standard InChI is InChI=1S/C18H14O4/c1-11(12-6-8-13(9-7-12)17(19)20)10-16-14-4-2-3-5-15(14)18(21)22-16/h2-9,16H,1,10H2,(H,19,20). The number of hydrogen-bond donors (Lipinski definition) is 1. The summed E-state index contributed by atoms with van der Waals surface area (Å²) in [5.74, 6) is -1.27. The number of hydrogen-bond acceptors (Lipinski definition) is 3. The van der Waals surface area contributed by atoms with Crippen molar-refractivity contribution < 1.29 is 19.4 Å². The number of esters is 1. The fraction of sp³-hybridized carbons (Fsp3) is 0.111. The molecule has 0 amide bonds. The van der Waals surface area contributed by atoms with Crippen LogP contribution in [0.15, 0.2) is 55.1 Å². The smallest absolute Gasteiger partial charge is 0.339 e. The van der Waals surface area contributed by atoms with Crippen LogP contribution < -0.4 is 0 Å². The van der Waals surface area contributed by atoms with Crippen molar-refractivity contribution in [2.45, 2.75) is 12.5 Å². The molecule has 0 saturated carbocycles. The summed E-state index contributed by atoms with van der Waals surface area (Å²) in [5.41, 5.74) is 3.34. The molecule has 0 fully saturated rings. The molecule has 0 spiro atoms. The van der Waals surface area contributed by atoms with E-state index in [9.17, 15) is 9.59 Å². The van der Waals surface area contributed by atoms with E-state index in [2.05, 4.69) is 6.58 Å². The van der Waals surface area contributed by atoms with Crippen LogP contribution >= 0.6 is 0 Å². The Bertz CT molecular complexity index is 759. The number of cyclic esters (lactones) is 1. The van der Waals surface area contributed by atoms with Crippen molar-refractivity contribution in [3.05, 3.63) is 77.4 Å². The predicted octanol–water partition coefficient (Wildman–Crippen LogP) is 3.70. The second kappa shape index (κ2) is 5.48. The van der Waals surface area contributed by atoms with Gasteiger partial charge in [0.2, 0.25) is 0 Å². The number of carbonyl (C=O) groups is 2. The van der Waals surface area contributed by atoms with Gasteiger partial charge in [-0.25, -0.2) is 9.59 Å². The van der Waals surface area contributed by atoms with Gasteiger partial charge in [0.15, 0.2) is 0 Å². The van der Waals surface area contributed by atoms with E-state index >= 15 is 0 Å². The second-order valence-corrected chi connectivity index (χ2v) is 5.17. The minimum Gasteiger partial charge on any atom is -0.478 e. The lowest BCUT2D eigenvalue weighted by molar-refractivity contribution is 0.0396. The molecule has 0 bridgehead atoms. The Morgan fingerprint density at radius 2 is 1.73 bits per heavy atom. The number of benzene rings is 2. The fourth-order valence-corrected chi connectivity index (χ4v) is 2.56. The molecular weight excluding hydrogens is 280 g/mol. The minimum atomic E-state index is -0.962. The highest BCUT2D eigenvalue weighted by atomic mass is 16.5. The van der Waals surface area contributed by atoms with Gasteiger partial charge in [-0.15, -0.1) is 0 Å². The first kappa shape index (κ1) is 14.1. The lowest BCUT2D eigenvalue weighted by Gasteiger charge is -2.13. The molecule has 1 aliphatic heterocycles. The van der Waals surface area contributed by atoms with Crippen molar-refractivity contribution in [1.29, 1.82) is 0 Å². The van der Waals surface area contributed by atoms with E-state index < -0.39 is 5.97 Å². The Morgan fingerprint density at radius 3 is 2.41 bits per heavy atom. The molecule has 3 rings (SSSR count). The molecule has 0 saturated heterocycles. The molecule has 1 atom stereocenters. The summed E-state index contributed by atoms with van der Waals surface area (Å²) < 4.78 is 5.39. The van der Waals surface area contributed by atoms with Gasteiger partial charge in [0.1, 0.15) is 6.10 Å². The highest BCUT2D eigenvalue weighted by Gasteiger charge is 2.30. The lowest BCUT2D eigenvalue weighted by Crippen LogP contribution is -2.00. The summed E-state index contributed by atoms with van der Waals surface area (Å²) in [6.45, 7) is 4.02. The monoisotopic (exact) mass is 294 g/mol. The predicted molar refractivity (Wildman–Crippen MR) is 81.7 cm³/mol. The average molecular weight is 294 g/mol. The van der Waals surface area contributed by atoms with Crippen molar-refractivity contribution in [1.82, 2.24) is 0 Å². The van der Waals surface area contributed by atoms with Crippen molar-refractivity contribution in [3.8, 4) is 0 Å². The van der Waals surface area contributed by atoms with Gasteiger partial charge in [0.25, 0.3) is 0 Å². The number of ether oxygens (including phenoxy) is 1. The topological polar surface area (TPSA) is 63.6 Å². The van der Waals surface area contributed by atoms with Gasteiger partial charge in [0.05, 0.1) is 11.1 Å². The van der Waals surface area contributed by atoms with E-state index in [-0.39, 0.29) is 17.6 Å². The molecule has 4 heteroatoms. The third kappa shape index (κ3) is 2.51. The summed E-state index contributed by atoms with van der Waals surface area (Å²) in [4.78, 5) is 22.7. The summed E-state index contributed by atoms with van der Waals surface area (Å²) in [5, 5.41) is 8.90. The van der Waals surface area contributed by atoms with Crippen LogP contribution in [0.2, 0.25) is 0 Å². The van der Waals surface area contributed by atoms with Gasteiger partial charge >= 0.3 is 11.9 Å². The highest BCUT2D eigenvalue weighted by molar-refractivity contribution is 5.94. The first-order valence-corrected chi connectivity index (χ1v) is 6.87. The number of carboxylic acids is 1. The van der Waals surface area contributed by atoms with Crippen LogP contribution in [0.4, 0.5) is 0 Å². The average Bonchev–Trinajstić information content (AvgIpc) is 2.84. The summed E-state index contributed by atoms with van der Waals surface area (Å²) in [7, 11) is 0. The highest BCUT2D eigenvalue weighted by Crippen LogP contribution is 2.36. The van der Waals surface area contributed by atoms with E-state index in [4.69, 9.17) is 9.84 Å². The second-order valence-electron chi connectivity index (χ2n) is 5.17. The normalized spacial score (nSPS) is 16.0. The number of aromatic carboxylic acids is 1. The lowest BCUT2D eigenvalue weighted by atomic mass is 9.96. The van der Waals surface area contributed by atoms with Crippen LogP contribution in [0.5, 0.6) is 0 Å². The maximum absolute atomic E-state index is 11.8. The third-order valence-corrected chi connectivity index (χ3v) is 3.75. The fourth-order valence-electron chi connectivity index (χ4n) is 2.56. The Labute approximate surface area is 127 Å². The Hall–Kier alpha value is -2.88. The molecule has 1 heterocycles. The zero-order chi connectivity index (χ0) is 15.7. The van der Waals surface area contributed by atoms with Crippen molar-refractivity contribution >= 4 is 17.5 Å². The molecule has 0 radical (unpaired) electrons. The molecule has 110 valence electrons. The van der Waals surface area contributed by atoms with E-state index in [1.807, 2.05) is 18.2 Å². The Balaban J connectivity index is 1.78. The van der Waals surface area contributed by atoms with Gasteiger partial charge < -0.3 is 9.84 Å². The number of rotatable bonds is 4. The first-order chi connectivity index (χ1) is 10.6. The van der Waals surface area contributed by atoms with Crippen LogP contribution in [0.25, 0.3) is 5.57 Å². The molecule has 2 aromatic carbocycles. The van der Waals surface area contributed by atoms with E-state index in [0.717, 1.165) is 16.7 Å². The number of fused-ring (bicyclic) bond motifs is 1. The van der Waals surface area contributed by atoms with Crippen LogP contribution in [-0.2, 0) is 4.74 Å². The summed E-state index contributed by atoms with van der Waals surface area (Å²) in [6.07, 6.45) is 0.144. The summed E-state index contributed by atoms with van der Waals surface area (Å²) in [6, 6.07) is 13.8. The molecule has 1 unspecified atom stereocenters. The van der Waals surface area contributed by atoms with Crippen LogP contribution in [0.3, 0.4) is 0 Å². The SMILES string of the molecule is C=C(CC1OC(=O)c2ccccc21)c1ccc(C(=O)O)cc1. The van der Waals surface area contributed by atoms with Crippen LogP contribution in [0.1, 0.15) is 44.4 Å². The van der Waals surface area contributed by atoms with Gasteiger partial charge in [-0.2, -0.15) is 0 Å². The molecule has 2 aromatic rings. The molecule has 1 aliphatic rings. The van der Waals surface area contributed by atoms with Crippen molar-refractivity contribution in [3.63, 3.8) is 0 Å². The van der Waals surface area contributed by atoms with E-state index in [1.165, 1.54) is 12.1 Å². The maximum atomic E-state index is 11.8. The van der Waals surface area contributed by atoms with Gasteiger partial charge in [-0.3, -0.25) is 0 Å². The molecule has 0 aliphatic carbocycles. The quantitative estimate of drug-likeness (QED) is 0.873. The minimum absolute atomic E-state index is 0.231. The molecule has 22 heavy (non-hydrogen) atoms. The zero-order valence-corrected chi connectivity index (χ0v) is 11.8. The van der Waals surface area contributed by atoms with Gasteiger partial charge in [-0.05, 0) is 29.3 Å². The Morgan fingerprint density at radius 1 is 1.09 bits per heavy atom. The molecule has 0 aromatic heterocycles. The largest absolute Gasteiger partial charge is 0.478 e. The zero-order valence-electron chi connectivity index (χ0n) is 11.8. The van der Waals surface area contributed by atoms with Crippen LogP contribution in [-0.4, -0.2) is 17.0 Å². The Kier molecular flexibility index (Phi) is 3.51. The van der Waals surface area contributed by atoms with Gasteiger partial charge in [0, 0.05) is 12.0 Å². The third-order valence-electron chi connectivity index (χ3n) is 3.75. The van der Waals surface area contributed by atoms with Crippen LogP contribution in [0, 0.1) is 0 Å². The summed E-state index contributed by atoms with van der Waals surface area (Å²) >= 11 is 0. The number of carboxylic acid groups (broad SMARTS) is 1.